The van der Waals surface area contributed by atoms with Gasteiger partial charge in [0.15, 0.2) is 5.96 Å². The van der Waals surface area contributed by atoms with Crippen LogP contribution in [0.25, 0.3) is 0 Å². The predicted octanol–water partition coefficient (Wildman–Crippen LogP) is 3.24. The van der Waals surface area contributed by atoms with Crippen LogP contribution in [0.4, 0.5) is 4.79 Å². The molecule has 0 aromatic rings. The smallest absolute Gasteiger partial charge is 0.410 e. The predicted molar refractivity (Wildman–Crippen MR) is 130 cm³/mol. The second kappa shape index (κ2) is 12.2. The zero-order chi connectivity index (χ0) is 20.7. The number of hydrogen-bond acceptors (Lipinski definition) is 4. The van der Waals surface area contributed by atoms with E-state index in [0.29, 0.717) is 5.92 Å². The molecule has 29 heavy (non-hydrogen) atoms. The number of aliphatic imine (C=N–C) groups is 1. The molecule has 0 aromatic heterocycles. The van der Waals surface area contributed by atoms with Crippen LogP contribution < -0.4 is 5.32 Å². The molecule has 1 saturated carbocycles. The van der Waals surface area contributed by atoms with Gasteiger partial charge in [-0.1, -0.05) is 6.92 Å². The Balaban J connectivity index is 0.00000420. The van der Waals surface area contributed by atoms with Gasteiger partial charge >= 0.3 is 6.09 Å². The van der Waals surface area contributed by atoms with Crippen LogP contribution in [0.3, 0.4) is 0 Å². The van der Waals surface area contributed by atoms with Gasteiger partial charge in [-0.15, -0.1) is 24.0 Å². The van der Waals surface area contributed by atoms with Gasteiger partial charge in [0.1, 0.15) is 5.60 Å². The van der Waals surface area contributed by atoms with E-state index in [4.69, 9.17) is 4.74 Å². The van der Waals surface area contributed by atoms with Crippen molar-refractivity contribution in [3.05, 3.63) is 0 Å². The average molecular weight is 524 g/mol. The number of ether oxygens (including phenoxy) is 1. The van der Waals surface area contributed by atoms with Gasteiger partial charge in [0.25, 0.3) is 0 Å². The highest BCUT2D eigenvalue weighted by molar-refractivity contribution is 14.0. The van der Waals surface area contributed by atoms with Crippen molar-refractivity contribution in [2.75, 3.05) is 53.4 Å². The van der Waals surface area contributed by atoms with Crippen LogP contribution in [0.2, 0.25) is 0 Å². The molecule has 7 nitrogen and oxygen atoms in total. The second-order valence-electron chi connectivity index (χ2n) is 9.16. The van der Waals surface area contributed by atoms with Crippen molar-refractivity contribution in [2.24, 2.45) is 10.9 Å². The molecule has 0 spiro atoms. The Morgan fingerprint density at radius 1 is 1.21 bits per heavy atom. The topological polar surface area (TPSA) is 60.4 Å². The minimum atomic E-state index is -0.447. The van der Waals surface area contributed by atoms with Crippen LogP contribution in [0.15, 0.2) is 4.99 Å². The fourth-order valence-electron chi connectivity index (χ4n) is 3.51. The van der Waals surface area contributed by atoms with Crippen LogP contribution in [0.1, 0.15) is 53.4 Å². The van der Waals surface area contributed by atoms with Crippen molar-refractivity contribution in [1.29, 1.82) is 0 Å². The molecule has 0 aromatic carbocycles. The number of nitrogens with one attached hydrogen (secondary N) is 1. The van der Waals surface area contributed by atoms with Crippen LogP contribution in [0.5, 0.6) is 0 Å². The standard InChI is InChI=1S/C21H41N5O2.HI/c1-7-24(6)15-12-23-19(22-5)25-13-10-18(11-14-25)26(16-17-8-9-17)20(27)28-21(2,3)4;/h17-18H,7-16H2,1-6H3,(H,22,23);1H. The van der Waals surface area contributed by atoms with Gasteiger partial charge in [0.2, 0.25) is 0 Å². The third kappa shape index (κ3) is 9.27. The van der Waals surface area contributed by atoms with Gasteiger partial charge in [-0.25, -0.2) is 4.79 Å². The summed E-state index contributed by atoms with van der Waals surface area (Å²) in [5, 5.41) is 3.47. The lowest BCUT2D eigenvalue weighted by Gasteiger charge is -2.40. The van der Waals surface area contributed by atoms with Gasteiger partial charge in [-0.05, 0) is 66.0 Å². The third-order valence-electron chi connectivity index (χ3n) is 5.51. The Hall–Kier alpha value is -0.770. The number of rotatable bonds is 7. The number of amides is 1. The molecule has 1 N–H and O–H groups in total. The number of carbonyl (C=O) groups excluding carboxylic acids is 1. The normalized spacial score (nSPS) is 18.4. The quantitative estimate of drug-likeness (QED) is 0.316. The first-order valence-corrected chi connectivity index (χ1v) is 10.9. The van der Waals surface area contributed by atoms with E-state index in [0.717, 1.165) is 58.1 Å². The number of hydrogen-bond donors (Lipinski definition) is 1. The van der Waals surface area contributed by atoms with E-state index in [1.54, 1.807) is 0 Å². The number of nitrogens with zero attached hydrogens (tertiary/aromatic N) is 4. The summed E-state index contributed by atoms with van der Waals surface area (Å²) in [6.07, 6.45) is 4.24. The summed E-state index contributed by atoms with van der Waals surface area (Å²) in [4.78, 5) is 23.8. The summed E-state index contributed by atoms with van der Waals surface area (Å²) < 4.78 is 5.70. The molecule has 2 aliphatic rings. The van der Waals surface area contributed by atoms with E-state index in [1.807, 2.05) is 32.7 Å². The minimum absolute atomic E-state index is 0. The molecule has 0 atom stereocenters. The maximum absolute atomic E-state index is 12.8. The van der Waals surface area contributed by atoms with Gasteiger partial charge in [-0.3, -0.25) is 4.99 Å². The van der Waals surface area contributed by atoms with E-state index in [-0.39, 0.29) is 36.1 Å². The fourth-order valence-corrected chi connectivity index (χ4v) is 3.51. The molecule has 0 bridgehead atoms. The van der Waals surface area contributed by atoms with Gasteiger partial charge in [0, 0.05) is 45.8 Å². The molecule has 2 fully saturated rings. The maximum Gasteiger partial charge on any atom is 0.410 e. The molecule has 2 rings (SSSR count). The third-order valence-corrected chi connectivity index (χ3v) is 5.51. The lowest BCUT2D eigenvalue weighted by atomic mass is 10.0. The molecular formula is C21H42IN5O2. The zero-order valence-electron chi connectivity index (χ0n) is 19.2. The van der Waals surface area contributed by atoms with Crippen LogP contribution in [0, 0.1) is 5.92 Å². The molecule has 0 radical (unpaired) electrons. The highest BCUT2D eigenvalue weighted by atomic mass is 127. The zero-order valence-corrected chi connectivity index (χ0v) is 21.6. The first-order chi connectivity index (χ1) is 13.2. The first-order valence-electron chi connectivity index (χ1n) is 10.9. The number of guanidine groups is 1. The number of likely N-dealkylation sites (tertiary alicyclic amines) is 1. The van der Waals surface area contributed by atoms with Gasteiger partial charge < -0.3 is 24.8 Å². The van der Waals surface area contributed by atoms with Gasteiger partial charge in [0.05, 0.1) is 0 Å². The lowest BCUT2D eigenvalue weighted by molar-refractivity contribution is 0.00928. The van der Waals surface area contributed by atoms with E-state index < -0.39 is 5.60 Å². The van der Waals surface area contributed by atoms with Crippen LogP contribution in [-0.4, -0.2) is 91.8 Å². The van der Waals surface area contributed by atoms with E-state index in [1.165, 1.54) is 12.8 Å². The molecule has 1 saturated heterocycles. The molecule has 0 unspecified atom stereocenters. The molecule has 1 heterocycles. The molecule has 1 amide bonds. The van der Waals surface area contributed by atoms with E-state index >= 15 is 0 Å². The summed E-state index contributed by atoms with van der Waals surface area (Å²) in [5.74, 6) is 1.63. The Morgan fingerprint density at radius 2 is 1.83 bits per heavy atom. The molecular weight excluding hydrogens is 481 g/mol. The lowest BCUT2D eigenvalue weighted by Crippen LogP contribution is -2.53. The average Bonchev–Trinajstić information content (AvgIpc) is 3.46. The largest absolute Gasteiger partial charge is 0.444 e. The Morgan fingerprint density at radius 3 is 2.31 bits per heavy atom. The number of halogens is 1. The molecule has 1 aliphatic carbocycles. The monoisotopic (exact) mass is 523 g/mol. The van der Waals surface area contributed by atoms with Gasteiger partial charge in [-0.2, -0.15) is 0 Å². The van der Waals surface area contributed by atoms with Crippen molar-refractivity contribution >= 4 is 36.0 Å². The van der Waals surface area contributed by atoms with Crippen LogP contribution >= 0.6 is 24.0 Å². The summed E-state index contributed by atoms with van der Waals surface area (Å²) in [6, 6.07) is 0.260. The van der Waals surface area contributed by atoms with E-state index in [9.17, 15) is 4.79 Å². The van der Waals surface area contributed by atoms with Crippen molar-refractivity contribution in [3.8, 4) is 0 Å². The maximum atomic E-state index is 12.8. The fraction of sp³-hybridized carbons (Fsp3) is 0.905. The van der Waals surface area contributed by atoms with Crippen molar-refractivity contribution < 1.29 is 9.53 Å². The Kier molecular flexibility index (Phi) is 11.0. The summed E-state index contributed by atoms with van der Waals surface area (Å²) >= 11 is 0. The SMILES string of the molecule is CCN(C)CCNC(=NC)N1CCC(N(CC2CC2)C(=O)OC(C)(C)C)CC1.I. The summed E-state index contributed by atoms with van der Waals surface area (Å²) in [5.41, 5.74) is -0.447. The number of carbonyl (C=O) groups is 1. The van der Waals surface area contributed by atoms with E-state index in [2.05, 4.69) is 34.1 Å². The molecule has 170 valence electrons. The highest BCUT2D eigenvalue weighted by Crippen LogP contribution is 2.32. The molecule has 8 heteroatoms. The Labute approximate surface area is 194 Å². The minimum Gasteiger partial charge on any atom is -0.444 e. The first kappa shape index (κ1) is 26.3. The van der Waals surface area contributed by atoms with Crippen molar-refractivity contribution in [1.82, 2.24) is 20.0 Å². The Bertz CT molecular complexity index is 526. The second-order valence-corrected chi connectivity index (χ2v) is 9.16. The van der Waals surface area contributed by atoms with Crippen molar-refractivity contribution in [3.63, 3.8) is 0 Å². The number of likely N-dealkylation sites (N-methyl/N-ethyl adjacent to an activating group) is 1. The number of piperidine rings is 1. The summed E-state index contributed by atoms with van der Waals surface area (Å²) in [7, 11) is 3.97. The van der Waals surface area contributed by atoms with Crippen molar-refractivity contribution in [2.45, 2.75) is 65.0 Å². The highest BCUT2D eigenvalue weighted by Gasteiger charge is 2.35. The summed E-state index contributed by atoms with van der Waals surface area (Å²) in [6.45, 7) is 13.6. The molecule has 1 aliphatic heterocycles. The van der Waals surface area contributed by atoms with Crippen LogP contribution in [-0.2, 0) is 4.74 Å².